The topological polar surface area (TPSA) is 81.8 Å². The van der Waals surface area contributed by atoms with E-state index in [1.807, 2.05) is 23.1 Å². The van der Waals surface area contributed by atoms with E-state index in [9.17, 15) is 9.59 Å². The Labute approximate surface area is 176 Å². The van der Waals surface area contributed by atoms with E-state index in [1.54, 1.807) is 12.0 Å². The van der Waals surface area contributed by atoms with E-state index in [-0.39, 0.29) is 17.0 Å². The van der Waals surface area contributed by atoms with Crippen LogP contribution in [-0.4, -0.2) is 67.2 Å². The molecule has 0 unspecified atom stereocenters. The molecule has 0 atom stereocenters. The fourth-order valence-corrected chi connectivity index (χ4v) is 4.13. The summed E-state index contributed by atoms with van der Waals surface area (Å²) in [4.78, 5) is 38.6. The summed E-state index contributed by atoms with van der Waals surface area (Å²) < 4.78 is 5.47. The molecule has 1 N–H and O–H groups in total. The van der Waals surface area contributed by atoms with Crippen LogP contribution >= 0.6 is 0 Å². The molecule has 8 nitrogen and oxygen atoms in total. The Morgan fingerprint density at radius 3 is 2.40 bits per heavy atom. The molecule has 160 valence electrons. The number of piperazine rings is 1. The lowest BCUT2D eigenvalue weighted by Crippen LogP contribution is -2.48. The second-order valence-corrected chi connectivity index (χ2v) is 8.07. The number of nitrogens with one attached hydrogen (secondary N) is 1. The molecule has 3 heterocycles. The zero-order valence-electron chi connectivity index (χ0n) is 17.6. The number of benzene rings is 1. The standard InChI is InChI=1S/C22H29N5O3/c1-16-7-9-26(10-8-16)21(29)17-15-23-22(24-20(17)28)27-13-11-25(12-14-27)18-5-3-4-6-19(18)30-2/h3-6,15-16H,7-14H2,1-2H3,(H,23,24,28). The summed E-state index contributed by atoms with van der Waals surface area (Å²) in [5, 5.41) is 0. The molecule has 0 bridgehead atoms. The summed E-state index contributed by atoms with van der Waals surface area (Å²) in [5.74, 6) is 1.78. The van der Waals surface area contributed by atoms with Crippen molar-refractivity contribution < 1.29 is 9.53 Å². The maximum atomic E-state index is 12.7. The van der Waals surface area contributed by atoms with Crippen molar-refractivity contribution in [3.05, 3.63) is 46.4 Å². The quantitative estimate of drug-likeness (QED) is 0.829. The molecule has 1 aromatic carbocycles. The summed E-state index contributed by atoms with van der Waals surface area (Å²) in [5.41, 5.74) is 0.828. The van der Waals surface area contributed by atoms with Gasteiger partial charge in [0.2, 0.25) is 5.95 Å². The largest absolute Gasteiger partial charge is 0.495 e. The van der Waals surface area contributed by atoms with Crippen LogP contribution in [0.25, 0.3) is 0 Å². The van der Waals surface area contributed by atoms with Gasteiger partial charge in [0.25, 0.3) is 11.5 Å². The summed E-state index contributed by atoms with van der Waals surface area (Å²) in [6, 6.07) is 7.97. The number of H-pyrrole nitrogens is 1. The van der Waals surface area contributed by atoms with E-state index in [1.165, 1.54) is 6.20 Å². The lowest BCUT2D eigenvalue weighted by Gasteiger charge is -2.36. The third kappa shape index (κ3) is 4.13. The first-order valence-corrected chi connectivity index (χ1v) is 10.6. The van der Waals surface area contributed by atoms with Gasteiger partial charge >= 0.3 is 0 Å². The van der Waals surface area contributed by atoms with Crippen LogP contribution in [0.2, 0.25) is 0 Å². The molecular weight excluding hydrogens is 382 g/mol. The molecule has 1 amide bonds. The van der Waals surface area contributed by atoms with Gasteiger partial charge in [-0.25, -0.2) is 4.98 Å². The lowest BCUT2D eigenvalue weighted by atomic mass is 9.99. The highest BCUT2D eigenvalue weighted by molar-refractivity contribution is 5.93. The highest BCUT2D eigenvalue weighted by atomic mass is 16.5. The molecule has 1 aromatic heterocycles. The third-order valence-electron chi connectivity index (χ3n) is 6.09. The second-order valence-electron chi connectivity index (χ2n) is 8.07. The predicted octanol–water partition coefficient (Wildman–Crippen LogP) is 1.98. The Hall–Kier alpha value is -3.03. The highest BCUT2D eigenvalue weighted by Crippen LogP contribution is 2.28. The number of carbonyl (C=O) groups excluding carboxylic acids is 1. The number of piperidine rings is 1. The summed E-state index contributed by atoms with van der Waals surface area (Å²) >= 11 is 0. The number of carbonyl (C=O) groups is 1. The van der Waals surface area contributed by atoms with Gasteiger partial charge in [-0.15, -0.1) is 0 Å². The molecule has 0 radical (unpaired) electrons. The van der Waals surface area contributed by atoms with E-state index >= 15 is 0 Å². The fourth-order valence-electron chi connectivity index (χ4n) is 4.13. The Morgan fingerprint density at radius 1 is 1.07 bits per heavy atom. The first kappa shape index (κ1) is 20.3. The minimum atomic E-state index is -0.365. The number of ether oxygens (including phenoxy) is 1. The SMILES string of the molecule is COc1ccccc1N1CCN(c2ncc(C(=O)N3CCC(C)CC3)c(=O)[nH]2)CC1. The van der Waals surface area contributed by atoms with Gasteiger partial charge in [-0.05, 0) is 30.9 Å². The normalized spacial score (nSPS) is 17.9. The molecule has 8 heteroatoms. The highest BCUT2D eigenvalue weighted by Gasteiger charge is 2.25. The van der Waals surface area contributed by atoms with Crippen LogP contribution < -0.4 is 20.1 Å². The Balaban J connectivity index is 1.42. The van der Waals surface area contributed by atoms with Crippen molar-refractivity contribution in [1.29, 1.82) is 0 Å². The molecule has 2 aromatic rings. The van der Waals surface area contributed by atoms with Gasteiger partial charge in [-0.1, -0.05) is 19.1 Å². The summed E-state index contributed by atoms with van der Waals surface area (Å²) in [6.07, 6.45) is 3.39. The number of aromatic nitrogens is 2. The number of likely N-dealkylation sites (tertiary alicyclic amines) is 1. The average Bonchev–Trinajstić information content (AvgIpc) is 2.79. The van der Waals surface area contributed by atoms with E-state index in [4.69, 9.17) is 4.74 Å². The monoisotopic (exact) mass is 411 g/mol. The van der Waals surface area contributed by atoms with Gasteiger partial charge in [0.15, 0.2) is 0 Å². The van der Waals surface area contributed by atoms with Gasteiger partial charge in [0, 0.05) is 45.5 Å². The third-order valence-corrected chi connectivity index (χ3v) is 6.09. The Bertz CT molecular complexity index is 944. The van der Waals surface area contributed by atoms with E-state index in [0.717, 1.165) is 50.5 Å². The molecule has 30 heavy (non-hydrogen) atoms. The first-order valence-electron chi connectivity index (χ1n) is 10.6. The summed E-state index contributed by atoms with van der Waals surface area (Å²) in [7, 11) is 1.68. The van der Waals surface area contributed by atoms with Crippen LogP contribution in [0.1, 0.15) is 30.1 Å². The first-order chi connectivity index (χ1) is 14.6. The van der Waals surface area contributed by atoms with Gasteiger partial charge in [0.05, 0.1) is 12.8 Å². The van der Waals surface area contributed by atoms with Gasteiger partial charge in [-0.2, -0.15) is 0 Å². The van der Waals surface area contributed by atoms with E-state index in [2.05, 4.69) is 27.9 Å². The fraction of sp³-hybridized carbons (Fsp3) is 0.500. The molecule has 0 spiro atoms. The molecule has 2 aliphatic rings. The van der Waals surface area contributed by atoms with Crippen molar-refractivity contribution in [2.24, 2.45) is 5.92 Å². The molecule has 0 aliphatic carbocycles. The zero-order valence-corrected chi connectivity index (χ0v) is 17.6. The zero-order chi connectivity index (χ0) is 21.1. The van der Waals surface area contributed by atoms with E-state index in [0.29, 0.717) is 25.0 Å². The second kappa shape index (κ2) is 8.77. The molecule has 2 saturated heterocycles. The Morgan fingerprint density at radius 2 is 1.73 bits per heavy atom. The summed E-state index contributed by atoms with van der Waals surface area (Å²) in [6.45, 7) is 6.61. The van der Waals surface area contributed by atoms with Crippen molar-refractivity contribution >= 4 is 17.5 Å². The van der Waals surface area contributed by atoms with Crippen molar-refractivity contribution in [1.82, 2.24) is 14.9 Å². The number of anilines is 2. The number of hydrogen-bond donors (Lipinski definition) is 1. The van der Waals surface area contributed by atoms with Crippen LogP contribution in [0, 0.1) is 5.92 Å². The molecule has 4 rings (SSSR count). The molecule has 2 aliphatic heterocycles. The van der Waals surface area contributed by atoms with Crippen molar-refractivity contribution in [3.63, 3.8) is 0 Å². The van der Waals surface area contributed by atoms with Crippen LogP contribution in [0.15, 0.2) is 35.3 Å². The molecule has 2 fully saturated rings. The maximum Gasteiger partial charge on any atom is 0.265 e. The number of aromatic amines is 1. The number of rotatable bonds is 4. The lowest BCUT2D eigenvalue weighted by molar-refractivity contribution is 0.0695. The van der Waals surface area contributed by atoms with Crippen LogP contribution in [0.3, 0.4) is 0 Å². The molecule has 0 saturated carbocycles. The number of hydrogen-bond acceptors (Lipinski definition) is 6. The maximum absolute atomic E-state index is 12.7. The van der Waals surface area contributed by atoms with Gasteiger partial charge in [0.1, 0.15) is 11.3 Å². The minimum Gasteiger partial charge on any atom is -0.495 e. The number of nitrogens with zero attached hydrogens (tertiary/aromatic N) is 4. The van der Waals surface area contributed by atoms with Crippen molar-refractivity contribution in [3.8, 4) is 5.75 Å². The minimum absolute atomic E-state index is 0.126. The predicted molar refractivity (Wildman–Crippen MR) is 117 cm³/mol. The van der Waals surface area contributed by atoms with Gasteiger partial charge < -0.3 is 19.4 Å². The molecular formula is C22H29N5O3. The Kier molecular flexibility index (Phi) is 5.92. The van der Waals surface area contributed by atoms with Crippen molar-refractivity contribution in [2.45, 2.75) is 19.8 Å². The number of amides is 1. The van der Waals surface area contributed by atoms with Crippen LogP contribution in [-0.2, 0) is 0 Å². The number of para-hydroxylation sites is 2. The van der Waals surface area contributed by atoms with E-state index < -0.39 is 0 Å². The van der Waals surface area contributed by atoms with Crippen LogP contribution in [0.4, 0.5) is 11.6 Å². The van der Waals surface area contributed by atoms with Crippen LogP contribution in [0.5, 0.6) is 5.75 Å². The van der Waals surface area contributed by atoms with Gasteiger partial charge in [-0.3, -0.25) is 14.6 Å². The average molecular weight is 412 g/mol. The number of methoxy groups -OCH3 is 1. The smallest absolute Gasteiger partial charge is 0.265 e. The van der Waals surface area contributed by atoms with Crippen molar-refractivity contribution in [2.75, 3.05) is 56.2 Å².